The van der Waals surface area contributed by atoms with Crippen LogP contribution in [0.1, 0.15) is 22.0 Å². The van der Waals surface area contributed by atoms with E-state index in [4.69, 9.17) is 17.3 Å². The van der Waals surface area contributed by atoms with Crippen molar-refractivity contribution in [2.75, 3.05) is 0 Å². The molecule has 15 heavy (non-hydrogen) atoms. The first kappa shape index (κ1) is 10.7. The van der Waals surface area contributed by atoms with Gasteiger partial charge in [0.25, 0.3) is 0 Å². The molecular weight excluding hydrogens is 226 g/mol. The Morgan fingerprint density at radius 3 is 2.73 bits per heavy atom. The number of nitrogens with two attached hydrogens (primary N) is 1. The van der Waals surface area contributed by atoms with E-state index in [0.29, 0.717) is 0 Å². The number of rotatable bonds is 2. The van der Waals surface area contributed by atoms with Crippen molar-refractivity contribution in [3.05, 3.63) is 56.7 Å². The first-order chi connectivity index (χ1) is 7.20. The van der Waals surface area contributed by atoms with Crippen LogP contribution in [0.5, 0.6) is 0 Å². The topological polar surface area (TPSA) is 26.0 Å². The van der Waals surface area contributed by atoms with Gasteiger partial charge >= 0.3 is 0 Å². The predicted molar refractivity (Wildman–Crippen MR) is 66.5 cm³/mol. The minimum atomic E-state index is -0.0660. The number of hydrogen-bond donors (Lipinski definition) is 1. The lowest BCUT2D eigenvalue weighted by Gasteiger charge is -2.13. The van der Waals surface area contributed by atoms with Gasteiger partial charge in [-0.15, -0.1) is 11.3 Å². The zero-order valence-electron chi connectivity index (χ0n) is 8.41. The van der Waals surface area contributed by atoms with E-state index in [2.05, 4.69) is 6.07 Å². The first-order valence-electron chi connectivity index (χ1n) is 4.74. The molecule has 1 aromatic heterocycles. The normalized spacial score (nSPS) is 12.7. The molecule has 0 fully saturated rings. The monoisotopic (exact) mass is 237 g/mol. The second-order valence-corrected chi connectivity index (χ2v) is 4.83. The lowest BCUT2D eigenvalue weighted by Crippen LogP contribution is -2.11. The standard InChI is InChI=1S/C12H12ClNS/c1-8-9(4-2-5-10(8)13)12(14)11-6-3-7-15-11/h2-7,12H,14H2,1H3. The van der Waals surface area contributed by atoms with Crippen molar-refractivity contribution in [2.45, 2.75) is 13.0 Å². The molecule has 3 heteroatoms. The second-order valence-electron chi connectivity index (χ2n) is 3.45. The molecule has 0 amide bonds. The summed E-state index contributed by atoms with van der Waals surface area (Å²) in [6.07, 6.45) is 0. The highest BCUT2D eigenvalue weighted by molar-refractivity contribution is 7.10. The Morgan fingerprint density at radius 2 is 2.07 bits per heavy atom. The Hall–Kier alpha value is -0.830. The van der Waals surface area contributed by atoms with Gasteiger partial charge in [0.1, 0.15) is 0 Å². The van der Waals surface area contributed by atoms with Gasteiger partial charge in [-0.25, -0.2) is 0 Å². The van der Waals surface area contributed by atoms with E-state index in [1.165, 1.54) is 4.88 Å². The van der Waals surface area contributed by atoms with Crippen molar-refractivity contribution in [3.63, 3.8) is 0 Å². The van der Waals surface area contributed by atoms with Gasteiger partial charge in [-0.3, -0.25) is 0 Å². The minimum absolute atomic E-state index is 0.0660. The number of thiophene rings is 1. The molecule has 78 valence electrons. The highest BCUT2D eigenvalue weighted by atomic mass is 35.5. The van der Waals surface area contributed by atoms with Gasteiger partial charge in [-0.05, 0) is 35.6 Å². The van der Waals surface area contributed by atoms with Gasteiger partial charge in [-0.2, -0.15) is 0 Å². The van der Waals surface area contributed by atoms with Crippen LogP contribution in [0, 0.1) is 6.92 Å². The molecule has 0 saturated carbocycles. The molecule has 2 rings (SSSR count). The van der Waals surface area contributed by atoms with Gasteiger partial charge < -0.3 is 5.73 Å². The largest absolute Gasteiger partial charge is 0.320 e. The summed E-state index contributed by atoms with van der Waals surface area (Å²) >= 11 is 7.74. The Balaban J connectivity index is 2.42. The molecule has 0 aliphatic carbocycles. The van der Waals surface area contributed by atoms with Crippen LogP contribution in [0.25, 0.3) is 0 Å². The summed E-state index contributed by atoms with van der Waals surface area (Å²) in [5.41, 5.74) is 8.35. The van der Waals surface area contributed by atoms with Crippen LogP contribution in [0.4, 0.5) is 0 Å². The zero-order chi connectivity index (χ0) is 10.8. The fourth-order valence-electron chi connectivity index (χ4n) is 1.58. The molecule has 2 aromatic rings. The van der Waals surface area contributed by atoms with Crippen LogP contribution >= 0.6 is 22.9 Å². The number of hydrogen-bond acceptors (Lipinski definition) is 2. The third-order valence-corrected chi connectivity index (χ3v) is 3.86. The van der Waals surface area contributed by atoms with Crippen molar-refractivity contribution in [3.8, 4) is 0 Å². The van der Waals surface area contributed by atoms with E-state index in [1.807, 2.05) is 36.6 Å². The van der Waals surface area contributed by atoms with Crippen molar-refractivity contribution in [2.24, 2.45) is 5.73 Å². The summed E-state index contributed by atoms with van der Waals surface area (Å²) in [4.78, 5) is 1.17. The second kappa shape index (κ2) is 4.35. The van der Waals surface area contributed by atoms with Crippen LogP contribution < -0.4 is 5.73 Å². The van der Waals surface area contributed by atoms with Gasteiger partial charge in [0.2, 0.25) is 0 Å². The lowest BCUT2D eigenvalue weighted by molar-refractivity contribution is 0.883. The average Bonchev–Trinajstić information content (AvgIpc) is 2.74. The molecule has 0 radical (unpaired) electrons. The molecule has 1 nitrogen and oxygen atoms in total. The van der Waals surface area contributed by atoms with E-state index in [0.717, 1.165) is 16.1 Å². The molecule has 1 aromatic carbocycles. The highest BCUT2D eigenvalue weighted by Crippen LogP contribution is 2.29. The van der Waals surface area contributed by atoms with E-state index in [9.17, 15) is 0 Å². The molecule has 0 spiro atoms. The first-order valence-corrected chi connectivity index (χ1v) is 6.00. The van der Waals surface area contributed by atoms with Crippen molar-refractivity contribution < 1.29 is 0 Å². The predicted octanol–water partition coefficient (Wildman–Crippen LogP) is 3.76. The Kier molecular flexibility index (Phi) is 3.10. The fraction of sp³-hybridized carbons (Fsp3) is 0.167. The summed E-state index contributed by atoms with van der Waals surface area (Å²) in [6, 6.07) is 9.87. The third kappa shape index (κ3) is 2.07. The van der Waals surface area contributed by atoms with Gasteiger partial charge in [0, 0.05) is 9.90 Å². The maximum atomic E-state index is 6.18. The molecule has 1 atom stereocenters. The molecular formula is C12H12ClNS. The lowest BCUT2D eigenvalue weighted by atomic mass is 10.0. The van der Waals surface area contributed by atoms with Crippen LogP contribution in [0.15, 0.2) is 35.7 Å². The summed E-state index contributed by atoms with van der Waals surface area (Å²) in [5.74, 6) is 0. The quantitative estimate of drug-likeness (QED) is 0.846. The molecule has 0 aliphatic heterocycles. The zero-order valence-corrected chi connectivity index (χ0v) is 9.98. The van der Waals surface area contributed by atoms with E-state index >= 15 is 0 Å². The van der Waals surface area contributed by atoms with Gasteiger partial charge in [-0.1, -0.05) is 29.8 Å². The minimum Gasteiger partial charge on any atom is -0.320 e. The average molecular weight is 238 g/mol. The van der Waals surface area contributed by atoms with Crippen LogP contribution in [-0.4, -0.2) is 0 Å². The third-order valence-electron chi connectivity index (χ3n) is 2.49. The summed E-state index contributed by atoms with van der Waals surface area (Å²) in [5, 5.41) is 2.81. The van der Waals surface area contributed by atoms with E-state index in [1.54, 1.807) is 11.3 Å². The molecule has 2 N–H and O–H groups in total. The number of benzene rings is 1. The van der Waals surface area contributed by atoms with Crippen LogP contribution in [-0.2, 0) is 0 Å². The van der Waals surface area contributed by atoms with Crippen molar-refractivity contribution in [1.82, 2.24) is 0 Å². The fourth-order valence-corrected chi connectivity index (χ4v) is 2.51. The Bertz CT molecular complexity index is 451. The highest BCUT2D eigenvalue weighted by Gasteiger charge is 2.13. The summed E-state index contributed by atoms with van der Waals surface area (Å²) in [7, 11) is 0. The van der Waals surface area contributed by atoms with Crippen molar-refractivity contribution in [1.29, 1.82) is 0 Å². The number of halogens is 1. The molecule has 1 unspecified atom stereocenters. The molecule has 0 aliphatic rings. The van der Waals surface area contributed by atoms with Crippen LogP contribution in [0.2, 0.25) is 5.02 Å². The summed E-state index contributed by atoms with van der Waals surface area (Å²) < 4.78 is 0. The smallest absolute Gasteiger partial charge is 0.0649 e. The summed E-state index contributed by atoms with van der Waals surface area (Å²) in [6.45, 7) is 2.01. The van der Waals surface area contributed by atoms with E-state index < -0.39 is 0 Å². The van der Waals surface area contributed by atoms with Crippen molar-refractivity contribution >= 4 is 22.9 Å². The molecule has 0 bridgehead atoms. The van der Waals surface area contributed by atoms with Gasteiger partial charge in [0.05, 0.1) is 6.04 Å². The SMILES string of the molecule is Cc1c(Cl)cccc1C(N)c1cccs1. The maximum absolute atomic E-state index is 6.18. The van der Waals surface area contributed by atoms with Crippen LogP contribution in [0.3, 0.4) is 0 Å². The maximum Gasteiger partial charge on any atom is 0.0649 e. The molecule has 1 heterocycles. The van der Waals surface area contributed by atoms with Gasteiger partial charge in [0.15, 0.2) is 0 Å². The Labute approximate surface area is 98.5 Å². The molecule has 0 saturated heterocycles. The Morgan fingerprint density at radius 1 is 1.27 bits per heavy atom. The van der Waals surface area contributed by atoms with E-state index in [-0.39, 0.29) is 6.04 Å².